The SMILES string of the molecule is O=C(CSCc1nc2sc3c(c2c(=O)[nH]1)CCCC3)N1CCN(CCc2ccccc2)CC1. The summed E-state index contributed by atoms with van der Waals surface area (Å²) in [5.41, 5.74) is 2.56. The van der Waals surface area contributed by atoms with Crippen molar-refractivity contribution in [3.05, 3.63) is 62.5 Å². The van der Waals surface area contributed by atoms with Crippen LogP contribution in [0, 0.1) is 0 Å². The van der Waals surface area contributed by atoms with Crippen molar-refractivity contribution in [1.29, 1.82) is 0 Å². The van der Waals surface area contributed by atoms with Crippen LogP contribution < -0.4 is 5.56 Å². The van der Waals surface area contributed by atoms with Crippen molar-refractivity contribution in [1.82, 2.24) is 19.8 Å². The number of thioether (sulfide) groups is 1. The summed E-state index contributed by atoms with van der Waals surface area (Å²) >= 11 is 3.21. The number of rotatable bonds is 7. The third kappa shape index (κ3) is 5.34. The molecule has 1 N–H and O–H groups in total. The van der Waals surface area contributed by atoms with Gasteiger partial charge in [0.2, 0.25) is 5.91 Å². The number of aryl methyl sites for hydroxylation is 2. The molecule has 1 amide bonds. The molecule has 33 heavy (non-hydrogen) atoms. The van der Waals surface area contributed by atoms with Crippen molar-refractivity contribution in [2.24, 2.45) is 0 Å². The molecule has 0 radical (unpaired) electrons. The molecule has 0 unspecified atom stereocenters. The lowest BCUT2D eigenvalue weighted by molar-refractivity contribution is -0.130. The second kappa shape index (κ2) is 10.4. The maximum atomic E-state index is 12.7. The van der Waals surface area contributed by atoms with Gasteiger partial charge in [0, 0.05) is 37.6 Å². The summed E-state index contributed by atoms with van der Waals surface area (Å²) in [6.07, 6.45) is 5.45. The molecule has 6 nitrogen and oxygen atoms in total. The summed E-state index contributed by atoms with van der Waals surface area (Å²) in [5, 5.41) is 0.796. The summed E-state index contributed by atoms with van der Waals surface area (Å²) in [6, 6.07) is 10.6. The zero-order chi connectivity index (χ0) is 22.6. The van der Waals surface area contributed by atoms with E-state index in [1.165, 1.54) is 34.2 Å². The first-order valence-electron chi connectivity index (χ1n) is 11.8. The maximum Gasteiger partial charge on any atom is 0.259 e. The van der Waals surface area contributed by atoms with Crippen molar-refractivity contribution < 1.29 is 4.79 Å². The van der Waals surface area contributed by atoms with Crippen LogP contribution in [0.1, 0.15) is 34.7 Å². The molecule has 2 aromatic heterocycles. The molecule has 0 saturated carbocycles. The molecule has 5 rings (SSSR count). The van der Waals surface area contributed by atoms with Crippen LogP contribution in [0.5, 0.6) is 0 Å². The number of hydrogen-bond acceptors (Lipinski definition) is 6. The molecule has 1 saturated heterocycles. The summed E-state index contributed by atoms with van der Waals surface area (Å²) in [4.78, 5) is 39.6. The minimum Gasteiger partial charge on any atom is -0.339 e. The molecule has 8 heteroatoms. The predicted octanol–water partition coefficient (Wildman–Crippen LogP) is 3.48. The highest BCUT2D eigenvalue weighted by Crippen LogP contribution is 2.33. The van der Waals surface area contributed by atoms with Gasteiger partial charge >= 0.3 is 0 Å². The van der Waals surface area contributed by atoms with Crippen LogP contribution >= 0.6 is 23.1 Å². The lowest BCUT2D eigenvalue weighted by Crippen LogP contribution is -2.49. The van der Waals surface area contributed by atoms with Crippen LogP contribution in [0.2, 0.25) is 0 Å². The van der Waals surface area contributed by atoms with E-state index in [0.29, 0.717) is 17.3 Å². The van der Waals surface area contributed by atoms with Crippen LogP contribution in [-0.2, 0) is 29.8 Å². The highest BCUT2D eigenvalue weighted by atomic mass is 32.2. The van der Waals surface area contributed by atoms with E-state index in [1.807, 2.05) is 11.0 Å². The van der Waals surface area contributed by atoms with Crippen molar-refractivity contribution in [3.63, 3.8) is 0 Å². The number of carbonyl (C=O) groups excluding carboxylic acids is 1. The molecule has 1 aliphatic carbocycles. The van der Waals surface area contributed by atoms with Crippen LogP contribution in [0.15, 0.2) is 35.1 Å². The molecular weight excluding hydrogens is 452 g/mol. The quantitative estimate of drug-likeness (QED) is 0.558. The fourth-order valence-corrected chi connectivity index (χ4v) is 6.83. The van der Waals surface area contributed by atoms with E-state index in [-0.39, 0.29) is 11.5 Å². The first kappa shape index (κ1) is 22.6. The summed E-state index contributed by atoms with van der Waals surface area (Å²) in [5.74, 6) is 1.83. The van der Waals surface area contributed by atoms with Gasteiger partial charge in [-0.05, 0) is 43.2 Å². The van der Waals surface area contributed by atoms with E-state index < -0.39 is 0 Å². The van der Waals surface area contributed by atoms with Gasteiger partial charge in [-0.1, -0.05) is 30.3 Å². The number of amides is 1. The second-order valence-electron chi connectivity index (χ2n) is 8.85. The van der Waals surface area contributed by atoms with E-state index in [4.69, 9.17) is 4.98 Å². The number of aromatic amines is 1. The van der Waals surface area contributed by atoms with Gasteiger partial charge in [0.1, 0.15) is 10.7 Å². The van der Waals surface area contributed by atoms with E-state index >= 15 is 0 Å². The predicted molar refractivity (Wildman–Crippen MR) is 136 cm³/mol. The van der Waals surface area contributed by atoms with Crippen molar-refractivity contribution in [2.45, 2.75) is 37.9 Å². The topological polar surface area (TPSA) is 69.3 Å². The Morgan fingerprint density at radius 1 is 1.09 bits per heavy atom. The number of piperazine rings is 1. The number of fused-ring (bicyclic) bond motifs is 3. The number of carbonyl (C=O) groups is 1. The lowest BCUT2D eigenvalue weighted by atomic mass is 9.97. The number of aromatic nitrogens is 2. The summed E-state index contributed by atoms with van der Waals surface area (Å²) in [7, 11) is 0. The Balaban J connectivity index is 1.09. The normalized spacial score (nSPS) is 16.8. The van der Waals surface area contributed by atoms with Gasteiger partial charge in [-0.15, -0.1) is 23.1 Å². The van der Waals surface area contributed by atoms with Gasteiger partial charge in [-0.25, -0.2) is 4.98 Å². The molecule has 174 valence electrons. The first-order valence-corrected chi connectivity index (χ1v) is 13.8. The fraction of sp³-hybridized carbons (Fsp3) is 0.480. The highest BCUT2D eigenvalue weighted by molar-refractivity contribution is 7.99. The molecule has 3 aromatic rings. The van der Waals surface area contributed by atoms with Crippen LogP contribution in [-0.4, -0.2) is 64.2 Å². The number of thiophene rings is 1. The van der Waals surface area contributed by atoms with Crippen LogP contribution in [0.3, 0.4) is 0 Å². The third-order valence-electron chi connectivity index (χ3n) is 6.62. The van der Waals surface area contributed by atoms with Crippen molar-refractivity contribution in [3.8, 4) is 0 Å². The largest absolute Gasteiger partial charge is 0.339 e. The minimum atomic E-state index is -0.0204. The van der Waals surface area contributed by atoms with Gasteiger partial charge < -0.3 is 9.88 Å². The van der Waals surface area contributed by atoms with E-state index in [0.717, 1.165) is 68.6 Å². The third-order valence-corrected chi connectivity index (χ3v) is 8.74. The standard InChI is InChI=1S/C25H30N4O2S2/c30-22(29-14-12-28(13-15-29)11-10-18-6-2-1-3-7-18)17-32-16-21-26-24(31)23-19-8-4-5-9-20(19)33-25(23)27-21/h1-3,6-7H,4-5,8-17H2,(H,26,27,31). The van der Waals surface area contributed by atoms with Gasteiger partial charge in [0.05, 0.1) is 16.9 Å². The fourth-order valence-electron chi connectivity index (χ4n) is 4.76. The molecule has 3 heterocycles. The summed E-state index contributed by atoms with van der Waals surface area (Å²) < 4.78 is 0. The Morgan fingerprint density at radius 3 is 2.70 bits per heavy atom. The monoisotopic (exact) mass is 482 g/mol. The Kier molecular flexibility index (Phi) is 7.13. The van der Waals surface area contributed by atoms with E-state index in [2.05, 4.69) is 34.1 Å². The van der Waals surface area contributed by atoms with Gasteiger partial charge in [-0.3, -0.25) is 14.5 Å². The number of nitrogens with zero attached hydrogens (tertiary/aromatic N) is 3. The van der Waals surface area contributed by atoms with Crippen molar-refractivity contribution in [2.75, 3.05) is 38.5 Å². The average molecular weight is 483 g/mol. The number of hydrogen-bond donors (Lipinski definition) is 1. The molecule has 0 atom stereocenters. The smallest absolute Gasteiger partial charge is 0.259 e. The number of nitrogens with one attached hydrogen (secondary N) is 1. The first-order chi connectivity index (χ1) is 16.2. The van der Waals surface area contributed by atoms with Gasteiger partial charge in [0.25, 0.3) is 5.56 Å². The molecule has 2 aliphatic rings. The van der Waals surface area contributed by atoms with Crippen LogP contribution in [0.25, 0.3) is 10.2 Å². The molecule has 1 aromatic carbocycles. The Labute approximate surface area is 202 Å². The zero-order valence-corrected chi connectivity index (χ0v) is 20.5. The Bertz CT molecular complexity index is 1170. The maximum absolute atomic E-state index is 12.7. The Hall–Kier alpha value is -2.16. The van der Waals surface area contributed by atoms with E-state index in [9.17, 15) is 9.59 Å². The Morgan fingerprint density at radius 2 is 1.88 bits per heavy atom. The number of H-pyrrole nitrogens is 1. The van der Waals surface area contributed by atoms with Gasteiger partial charge in [0.15, 0.2) is 0 Å². The van der Waals surface area contributed by atoms with Crippen molar-refractivity contribution >= 4 is 39.2 Å². The lowest BCUT2D eigenvalue weighted by Gasteiger charge is -2.34. The molecule has 0 bridgehead atoms. The molecule has 1 fully saturated rings. The van der Waals surface area contributed by atoms with E-state index in [1.54, 1.807) is 11.3 Å². The number of benzene rings is 1. The highest BCUT2D eigenvalue weighted by Gasteiger charge is 2.22. The van der Waals surface area contributed by atoms with Gasteiger partial charge in [-0.2, -0.15) is 0 Å². The zero-order valence-electron chi connectivity index (χ0n) is 18.8. The average Bonchev–Trinajstić information content (AvgIpc) is 3.22. The summed E-state index contributed by atoms with van der Waals surface area (Å²) in [6.45, 7) is 4.47. The van der Waals surface area contributed by atoms with Crippen LogP contribution in [0.4, 0.5) is 0 Å². The molecule has 1 aliphatic heterocycles. The second-order valence-corrected chi connectivity index (χ2v) is 10.9. The molecule has 0 spiro atoms. The minimum absolute atomic E-state index is 0.0204. The molecular formula is C25H30N4O2S2.